The van der Waals surface area contributed by atoms with Crippen molar-refractivity contribution in [3.63, 3.8) is 0 Å². The van der Waals surface area contributed by atoms with Crippen LogP contribution in [0.2, 0.25) is 0 Å². The second-order valence-corrected chi connectivity index (χ2v) is 1.51. The van der Waals surface area contributed by atoms with Crippen molar-refractivity contribution in [3.05, 3.63) is 6.33 Å². The molecule has 1 rings (SSSR count). The van der Waals surface area contributed by atoms with Crippen molar-refractivity contribution >= 4 is 17.3 Å². The van der Waals surface area contributed by atoms with Gasteiger partial charge in [-0.3, -0.25) is 0 Å². The largest absolute Gasteiger partial charge is 0.374 e. The first-order valence-corrected chi connectivity index (χ1v) is 2.24. The molecule has 0 spiro atoms. The van der Waals surface area contributed by atoms with Crippen LogP contribution in [0.3, 0.4) is 0 Å². The third-order valence-electron chi connectivity index (χ3n) is 0.575. The standard InChI is InChI=1S/C2H3N5S/c3-2(8)7-1-4-5-6-7/h1H,(H2,3,8). The molecular formula is C2H3N5S. The molecule has 0 bridgehead atoms. The Labute approximate surface area is 50.5 Å². The van der Waals surface area contributed by atoms with E-state index in [1.54, 1.807) is 0 Å². The molecule has 42 valence electrons. The van der Waals surface area contributed by atoms with Crippen molar-refractivity contribution < 1.29 is 0 Å². The smallest absolute Gasteiger partial charge is 0.194 e. The van der Waals surface area contributed by atoms with Crippen LogP contribution >= 0.6 is 12.2 Å². The van der Waals surface area contributed by atoms with Gasteiger partial charge in [-0.1, -0.05) is 0 Å². The maximum Gasteiger partial charge on any atom is 0.194 e. The topological polar surface area (TPSA) is 69.6 Å². The molecule has 0 atom stereocenters. The minimum absolute atomic E-state index is 0.148. The van der Waals surface area contributed by atoms with Crippen LogP contribution < -0.4 is 5.73 Å². The highest BCUT2D eigenvalue weighted by molar-refractivity contribution is 7.80. The van der Waals surface area contributed by atoms with Gasteiger partial charge in [-0.2, -0.15) is 4.68 Å². The molecule has 0 aliphatic rings. The van der Waals surface area contributed by atoms with Crippen molar-refractivity contribution in [1.29, 1.82) is 0 Å². The predicted octanol–water partition coefficient (Wildman–Crippen LogP) is -1.24. The first kappa shape index (κ1) is 5.10. The molecule has 0 fully saturated rings. The van der Waals surface area contributed by atoms with Gasteiger partial charge in [-0.25, -0.2) is 0 Å². The van der Waals surface area contributed by atoms with E-state index in [1.807, 2.05) is 0 Å². The number of nitrogens with zero attached hydrogens (tertiary/aromatic N) is 4. The van der Waals surface area contributed by atoms with E-state index >= 15 is 0 Å². The number of nitrogens with two attached hydrogens (primary N) is 1. The SMILES string of the molecule is NC(=S)n1cnnn1. The van der Waals surface area contributed by atoms with Crippen molar-refractivity contribution in [1.82, 2.24) is 20.2 Å². The van der Waals surface area contributed by atoms with Crippen molar-refractivity contribution in [3.8, 4) is 0 Å². The Morgan fingerprint density at radius 2 is 2.50 bits per heavy atom. The highest BCUT2D eigenvalue weighted by Gasteiger charge is 1.90. The lowest BCUT2D eigenvalue weighted by Gasteiger charge is -1.87. The Kier molecular flexibility index (Phi) is 1.17. The third kappa shape index (κ3) is 0.784. The van der Waals surface area contributed by atoms with Crippen LogP contribution in [-0.2, 0) is 0 Å². The van der Waals surface area contributed by atoms with E-state index < -0.39 is 0 Å². The minimum atomic E-state index is 0.148. The van der Waals surface area contributed by atoms with Crippen molar-refractivity contribution in [2.24, 2.45) is 5.73 Å². The maximum absolute atomic E-state index is 5.11. The van der Waals surface area contributed by atoms with E-state index in [-0.39, 0.29) is 5.11 Å². The lowest BCUT2D eigenvalue weighted by molar-refractivity contribution is 0.822. The van der Waals surface area contributed by atoms with E-state index in [2.05, 4.69) is 27.7 Å². The number of tetrazole rings is 1. The van der Waals surface area contributed by atoms with Crippen LogP contribution in [0.25, 0.3) is 0 Å². The highest BCUT2D eigenvalue weighted by atomic mass is 32.1. The Bertz CT molecular complexity index is 178. The normalized spacial score (nSPS) is 9.00. The zero-order valence-corrected chi connectivity index (χ0v) is 4.67. The van der Waals surface area contributed by atoms with Gasteiger partial charge in [0.1, 0.15) is 6.33 Å². The maximum atomic E-state index is 5.11. The second kappa shape index (κ2) is 1.83. The molecule has 0 aliphatic carbocycles. The monoisotopic (exact) mass is 129 g/mol. The molecule has 1 aromatic heterocycles. The van der Waals surface area contributed by atoms with Gasteiger partial charge in [0.2, 0.25) is 0 Å². The third-order valence-corrected chi connectivity index (χ3v) is 0.762. The number of hydrogen-bond donors (Lipinski definition) is 1. The molecule has 6 heteroatoms. The average molecular weight is 129 g/mol. The van der Waals surface area contributed by atoms with Crippen LogP contribution in [0, 0.1) is 0 Å². The quantitative estimate of drug-likeness (QED) is 0.444. The van der Waals surface area contributed by atoms with Gasteiger partial charge in [-0.05, 0) is 22.6 Å². The van der Waals surface area contributed by atoms with E-state index in [1.165, 1.54) is 11.0 Å². The average Bonchev–Trinajstić information content (AvgIpc) is 2.12. The summed E-state index contributed by atoms with van der Waals surface area (Å²) in [5.74, 6) is 0. The van der Waals surface area contributed by atoms with Crippen LogP contribution in [0.5, 0.6) is 0 Å². The van der Waals surface area contributed by atoms with Gasteiger partial charge in [0.15, 0.2) is 5.11 Å². The highest BCUT2D eigenvalue weighted by Crippen LogP contribution is 1.70. The van der Waals surface area contributed by atoms with Crippen molar-refractivity contribution in [2.75, 3.05) is 0 Å². The lowest BCUT2D eigenvalue weighted by atomic mass is 11.1. The molecular weight excluding hydrogens is 126 g/mol. The number of aromatic nitrogens is 4. The number of rotatable bonds is 0. The summed E-state index contributed by atoms with van der Waals surface area (Å²) in [6.07, 6.45) is 1.34. The molecule has 0 amide bonds. The molecule has 5 nitrogen and oxygen atoms in total. The van der Waals surface area contributed by atoms with Gasteiger partial charge in [0.05, 0.1) is 0 Å². The fraction of sp³-hybridized carbons (Fsp3) is 0. The van der Waals surface area contributed by atoms with Gasteiger partial charge in [-0.15, -0.1) is 5.10 Å². The summed E-state index contributed by atoms with van der Waals surface area (Å²) in [5, 5.41) is 10.2. The number of hydrogen-bond acceptors (Lipinski definition) is 4. The molecule has 2 N–H and O–H groups in total. The molecule has 8 heavy (non-hydrogen) atoms. The van der Waals surface area contributed by atoms with E-state index in [0.29, 0.717) is 0 Å². The summed E-state index contributed by atoms with van der Waals surface area (Å²) in [4.78, 5) is 0. The molecule has 1 heterocycles. The lowest BCUT2D eigenvalue weighted by Crippen LogP contribution is -2.19. The fourth-order valence-corrected chi connectivity index (χ4v) is 0.346. The van der Waals surface area contributed by atoms with Crippen LogP contribution in [0.1, 0.15) is 0 Å². The van der Waals surface area contributed by atoms with Crippen LogP contribution in [0.4, 0.5) is 0 Å². The zero-order valence-electron chi connectivity index (χ0n) is 3.85. The molecule has 0 radical (unpaired) electrons. The van der Waals surface area contributed by atoms with Gasteiger partial charge < -0.3 is 5.73 Å². The minimum Gasteiger partial charge on any atom is -0.374 e. The predicted molar refractivity (Wildman–Crippen MR) is 30.0 cm³/mol. The summed E-state index contributed by atoms with van der Waals surface area (Å²) in [6, 6.07) is 0. The van der Waals surface area contributed by atoms with E-state index in [4.69, 9.17) is 5.73 Å². The molecule has 0 saturated heterocycles. The molecule has 0 unspecified atom stereocenters. The van der Waals surface area contributed by atoms with Crippen LogP contribution in [0.15, 0.2) is 6.33 Å². The van der Waals surface area contributed by atoms with Gasteiger partial charge in [0.25, 0.3) is 0 Å². The first-order valence-electron chi connectivity index (χ1n) is 1.83. The Morgan fingerprint density at radius 1 is 1.75 bits per heavy atom. The van der Waals surface area contributed by atoms with E-state index in [9.17, 15) is 0 Å². The summed E-state index contributed by atoms with van der Waals surface area (Å²) >= 11 is 4.51. The van der Waals surface area contributed by atoms with Crippen LogP contribution in [-0.4, -0.2) is 25.3 Å². The summed E-state index contributed by atoms with van der Waals surface area (Å²) in [7, 11) is 0. The summed E-state index contributed by atoms with van der Waals surface area (Å²) in [6.45, 7) is 0. The first-order chi connectivity index (χ1) is 3.80. The Morgan fingerprint density at radius 3 is 2.75 bits per heavy atom. The molecule has 0 aromatic carbocycles. The zero-order chi connectivity index (χ0) is 5.98. The molecule has 0 saturated carbocycles. The van der Waals surface area contributed by atoms with Crippen molar-refractivity contribution in [2.45, 2.75) is 0 Å². The second-order valence-electron chi connectivity index (χ2n) is 1.09. The Hall–Kier alpha value is -1.04. The fourth-order valence-electron chi connectivity index (χ4n) is 0.262. The summed E-state index contributed by atoms with van der Waals surface area (Å²) < 4.78 is 1.20. The number of thiocarbonyl (C=S) groups is 1. The molecule has 0 aliphatic heterocycles. The Balaban J connectivity index is 2.93. The van der Waals surface area contributed by atoms with Gasteiger partial charge >= 0.3 is 0 Å². The summed E-state index contributed by atoms with van der Waals surface area (Å²) in [5.41, 5.74) is 5.11. The van der Waals surface area contributed by atoms with Gasteiger partial charge in [0, 0.05) is 0 Å². The molecule has 1 aromatic rings. The van der Waals surface area contributed by atoms with E-state index in [0.717, 1.165) is 0 Å².